The van der Waals surface area contributed by atoms with Crippen molar-refractivity contribution in [2.24, 2.45) is 7.05 Å². The smallest absolute Gasteiger partial charge is 0.220 e. The number of aryl methyl sites for hydroxylation is 2. The molecule has 0 bridgehead atoms. The van der Waals surface area contributed by atoms with E-state index in [0.717, 1.165) is 11.3 Å². The minimum atomic E-state index is -0.0231. The lowest BCUT2D eigenvalue weighted by Gasteiger charge is -2.07. The molecule has 0 aliphatic heterocycles. The quantitative estimate of drug-likeness (QED) is 0.728. The highest BCUT2D eigenvalue weighted by Gasteiger charge is 2.10. The van der Waals surface area contributed by atoms with Crippen molar-refractivity contribution < 1.29 is 9.21 Å². The minimum absolute atomic E-state index is 0.0231. The topological polar surface area (TPSA) is 60.1 Å². The Morgan fingerprint density at radius 1 is 1.24 bits per heavy atom. The van der Waals surface area contributed by atoms with Crippen LogP contribution in [0.15, 0.2) is 47.0 Å². The molecule has 0 aliphatic rings. The van der Waals surface area contributed by atoms with Crippen LogP contribution in [-0.4, -0.2) is 15.5 Å². The number of hydrogen-bond donors (Lipinski definition) is 1. The summed E-state index contributed by atoms with van der Waals surface area (Å²) in [4.78, 5) is 16.3. The Labute approximate surface area is 151 Å². The molecule has 3 aromatic rings. The molecule has 25 heavy (non-hydrogen) atoms. The fraction of sp³-hybridized carbons (Fsp3) is 0.263. The molecular formula is C19H20ClN3O2. The number of aromatic nitrogens is 2. The predicted molar refractivity (Wildman–Crippen MR) is 97.3 cm³/mol. The molecule has 3 rings (SSSR count). The lowest BCUT2D eigenvalue weighted by Crippen LogP contribution is -2.24. The summed E-state index contributed by atoms with van der Waals surface area (Å²) in [5.74, 6) is 1.20. The molecular weight excluding hydrogens is 338 g/mol. The molecule has 0 radical (unpaired) electrons. The van der Waals surface area contributed by atoms with Gasteiger partial charge in [0.1, 0.15) is 0 Å². The highest BCUT2D eigenvalue weighted by Crippen LogP contribution is 2.22. The summed E-state index contributed by atoms with van der Waals surface area (Å²) in [5.41, 5.74) is 3.15. The highest BCUT2D eigenvalue weighted by molar-refractivity contribution is 6.30. The van der Waals surface area contributed by atoms with E-state index in [0.29, 0.717) is 36.1 Å². The van der Waals surface area contributed by atoms with Crippen LogP contribution in [0.3, 0.4) is 0 Å². The van der Waals surface area contributed by atoms with Crippen LogP contribution in [-0.2, 0) is 24.8 Å². The average molecular weight is 358 g/mol. The van der Waals surface area contributed by atoms with E-state index < -0.39 is 0 Å². The van der Waals surface area contributed by atoms with Crippen molar-refractivity contribution in [2.45, 2.75) is 26.3 Å². The normalized spacial score (nSPS) is 10.8. The number of rotatable bonds is 6. The second kappa shape index (κ2) is 7.57. The van der Waals surface area contributed by atoms with Crippen LogP contribution in [0.2, 0.25) is 5.02 Å². The minimum Gasteiger partial charge on any atom is -0.441 e. The van der Waals surface area contributed by atoms with Crippen molar-refractivity contribution in [1.82, 2.24) is 14.9 Å². The van der Waals surface area contributed by atoms with Gasteiger partial charge >= 0.3 is 0 Å². The fourth-order valence-corrected chi connectivity index (χ4v) is 2.64. The van der Waals surface area contributed by atoms with Crippen LogP contribution in [0.5, 0.6) is 0 Å². The third-order valence-electron chi connectivity index (χ3n) is 4.19. The predicted octanol–water partition coefficient (Wildman–Crippen LogP) is 3.89. The van der Waals surface area contributed by atoms with Gasteiger partial charge in [0.15, 0.2) is 11.7 Å². The van der Waals surface area contributed by atoms with Crippen molar-refractivity contribution in [1.29, 1.82) is 0 Å². The van der Waals surface area contributed by atoms with E-state index in [9.17, 15) is 4.79 Å². The first-order valence-corrected chi connectivity index (χ1v) is 8.49. The first kappa shape index (κ1) is 17.3. The molecule has 0 saturated heterocycles. The fourth-order valence-electron chi connectivity index (χ4n) is 2.52. The van der Waals surface area contributed by atoms with Gasteiger partial charge in [-0.15, -0.1) is 0 Å². The first-order valence-electron chi connectivity index (χ1n) is 8.11. The van der Waals surface area contributed by atoms with Crippen LogP contribution in [0.1, 0.15) is 23.7 Å². The summed E-state index contributed by atoms with van der Waals surface area (Å²) < 4.78 is 7.77. The number of carbonyl (C=O) groups is 1. The number of benzene rings is 1. The second-order valence-electron chi connectivity index (χ2n) is 5.93. The van der Waals surface area contributed by atoms with Gasteiger partial charge in [-0.05, 0) is 43.3 Å². The second-order valence-corrected chi connectivity index (χ2v) is 6.36. The van der Waals surface area contributed by atoms with Crippen LogP contribution in [0.25, 0.3) is 11.3 Å². The van der Waals surface area contributed by atoms with E-state index in [1.807, 2.05) is 38.2 Å². The Morgan fingerprint density at radius 2 is 2.00 bits per heavy atom. The maximum absolute atomic E-state index is 12.0. The first-order chi connectivity index (χ1) is 12.0. The van der Waals surface area contributed by atoms with Gasteiger partial charge in [0.2, 0.25) is 5.91 Å². The number of hydrogen-bond acceptors (Lipinski definition) is 3. The SMILES string of the molecule is Cc1ccc(CNC(=O)CCc2ncc(-c3ccc(Cl)cc3)o2)n1C. The van der Waals surface area contributed by atoms with E-state index in [-0.39, 0.29) is 5.91 Å². The molecule has 130 valence electrons. The highest BCUT2D eigenvalue weighted by atomic mass is 35.5. The van der Waals surface area contributed by atoms with Gasteiger partial charge in [-0.2, -0.15) is 0 Å². The maximum atomic E-state index is 12.0. The molecule has 0 saturated carbocycles. The van der Waals surface area contributed by atoms with E-state index in [1.165, 1.54) is 5.69 Å². The van der Waals surface area contributed by atoms with Gasteiger partial charge in [-0.25, -0.2) is 4.98 Å². The number of halogens is 1. The van der Waals surface area contributed by atoms with Crippen LogP contribution in [0, 0.1) is 6.92 Å². The number of nitrogens with one attached hydrogen (secondary N) is 1. The Balaban J connectivity index is 1.51. The summed E-state index contributed by atoms with van der Waals surface area (Å²) in [7, 11) is 1.99. The Kier molecular flexibility index (Phi) is 5.24. The van der Waals surface area contributed by atoms with Gasteiger partial charge in [-0.1, -0.05) is 11.6 Å². The van der Waals surface area contributed by atoms with E-state index >= 15 is 0 Å². The molecule has 6 heteroatoms. The third kappa shape index (κ3) is 4.31. The standard InChI is InChI=1S/C19H20ClN3O2/c1-13-3-8-16(23(13)2)11-21-18(24)9-10-19-22-12-17(25-19)14-4-6-15(20)7-5-14/h3-8,12H,9-11H2,1-2H3,(H,21,24). The van der Waals surface area contributed by atoms with Crippen LogP contribution < -0.4 is 5.32 Å². The zero-order valence-electron chi connectivity index (χ0n) is 14.3. The zero-order chi connectivity index (χ0) is 17.8. The Morgan fingerprint density at radius 3 is 2.68 bits per heavy atom. The Bertz CT molecular complexity index is 865. The van der Waals surface area contributed by atoms with Gasteiger partial charge in [0.25, 0.3) is 0 Å². The molecule has 0 unspecified atom stereocenters. The largest absolute Gasteiger partial charge is 0.441 e. The number of amides is 1. The monoisotopic (exact) mass is 357 g/mol. The van der Waals surface area contributed by atoms with Crippen LogP contribution in [0.4, 0.5) is 0 Å². The lowest BCUT2D eigenvalue weighted by atomic mass is 10.2. The van der Waals surface area contributed by atoms with Gasteiger partial charge in [0, 0.05) is 41.9 Å². The molecule has 0 fully saturated rings. The molecule has 1 N–H and O–H groups in total. The third-order valence-corrected chi connectivity index (χ3v) is 4.44. The molecule has 1 aromatic carbocycles. The number of carbonyl (C=O) groups excluding carboxylic acids is 1. The summed E-state index contributed by atoms with van der Waals surface area (Å²) in [6.45, 7) is 2.55. The van der Waals surface area contributed by atoms with Crippen molar-refractivity contribution in [3.8, 4) is 11.3 Å². The molecule has 0 spiro atoms. The average Bonchev–Trinajstić information content (AvgIpc) is 3.20. The summed E-state index contributed by atoms with van der Waals surface area (Å²) in [6.07, 6.45) is 2.47. The van der Waals surface area contributed by atoms with Gasteiger partial charge in [-0.3, -0.25) is 4.79 Å². The molecule has 0 aliphatic carbocycles. The summed E-state index contributed by atoms with van der Waals surface area (Å²) in [6, 6.07) is 11.4. The molecule has 0 atom stereocenters. The van der Waals surface area contributed by atoms with Crippen molar-refractivity contribution in [2.75, 3.05) is 0 Å². The summed E-state index contributed by atoms with van der Waals surface area (Å²) in [5, 5.41) is 3.60. The van der Waals surface area contributed by atoms with Crippen LogP contribution >= 0.6 is 11.6 Å². The van der Waals surface area contributed by atoms with Crippen molar-refractivity contribution >= 4 is 17.5 Å². The van der Waals surface area contributed by atoms with Gasteiger partial charge in [0.05, 0.1) is 12.7 Å². The zero-order valence-corrected chi connectivity index (χ0v) is 15.0. The molecule has 1 amide bonds. The molecule has 2 heterocycles. The Hall–Kier alpha value is -2.53. The molecule has 2 aromatic heterocycles. The number of oxazole rings is 1. The lowest BCUT2D eigenvalue weighted by molar-refractivity contribution is -0.121. The number of nitrogens with zero attached hydrogens (tertiary/aromatic N) is 2. The molecule has 5 nitrogen and oxygen atoms in total. The maximum Gasteiger partial charge on any atom is 0.220 e. The van der Waals surface area contributed by atoms with E-state index in [4.69, 9.17) is 16.0 Å². The van der Waals surface area contributed by atoms with E-state index in [1.54, 1.807) is 18.3 Å². The van der Waals surface area contributed by atoms with Crippen molar-refractivity contribution in [3.63, 3.8) is 0 Å². The van der Waals surface area contributed by atoms with Crippen molar-refractivity contribution in [3.05, 3.63) is 64.9 Å². The van der Waals surface area contributed by atoms with E-state index in [2.05, 4.69) is 14.9 Å². The summed E-state index contributed by atoms with van der Waals surface area (Å²) >= 11 is 5.88. The van der Waals surface area contributed by atoms with Gasteiger partial charge < -0.3 is 14.3 Å².